The molecule has 1 aliphatic rings. The van der Waals surface area contributed by atoms with Crippen LogP contribution in [-0.2, 0) is 13.1 Å². The Hall–Kier alpha value is -0.860. The molecule has 0 unspecified atom stereocenters. The summed E-state index contributed by atoms with van der Waals surface area (Å²) in [5.74, 6) is 0. The number of nitrogens with zero attached hydrogens (tertiary/aromatic N) is 1. The van der Waals surface area contributed by atoms with Gasteiger partial charge in [0.15, 0.2) is 0 Å². The van der Waals surface area contributed by atoms with E-state index < -0.39 is 0 Å². The lowest BCUT2D eigenvalue weighted by Gasteiger charge is -2.20. The molecule has 0 bridgehead atoms. The van der Waals surface area contributed by atoms with Gasteiger partial charge in [-0.25, -0.2) is 0 Å². The van der Waals surface area contributed by atoms with E-state index in [1.54, 1.807) is 0 Å². The normalized spacial score (nSPS) is 15.7. The highest BCUT2D eigenvalue weighted by Gasteiger charge is 2.27. The van der Waals surface area contributed by atoms with Crippen LogP contribution < -0.4 is 5.32 Å². The number of hydrogen-bond acceptors (Lipinski definition) is 2. The lowest BCUT2D eigenvalue weighted by atomic mass is 10.1. The van der Waals surface area contributed by atoms with Gasteiger partial charge < -0.3 is 5.32 Å². The van der Waals surface area contributed by atoms with Crippen LogP contribution in [0.5, 0.6) is 0 Å². The van der Waals surface area contributed by atoms with Gasteiger partial charge in [-0.05, 0) is 37.6 Å². The second-order valence-electron chi connectivity index (χ2n) is 4.64. The molecule has 1 aromatic carbocycles. The average molecular weight is 218 g/mol. The van der Waals surface area contributed by atoms with Crippen LogP contribution >= 0.6 is 0 Å². The van der Waals surface area contributed by atoms with Crippen molar-refractivity contribution in [2.75, 3.05) is 13.6 Å². The summed E-state index contributed by atoms with van der Waals surface area (Å²) in [6, 6.07) is 9.78. The number of nitrogens with one attached hydrogen (secondary N) is 1. The Labute approximate surface area is 98.7 Å². The monoisotopic (exact) mass is 218 g/mol. The van der Waals surface area contributed by atoms with Crippen LogP contribution in [0, 0.1) is 0 Å². The van der Waals surface area contributed by atoms with Gasteiger partial charge in [-0.3, -0.25) is 4.90 Å². The molecule has 0 radical (unpaired) electrons. The van der Waals surface area contributed by atoms with Crippen molar-refractivity contribution in [2.24, 2.45) is 0 Å². The molecular weight excluding hydrogens is 196 g/mol. The zero-order chi connectivity index (χ0) is 11.4. The summed E-state index contributed by atoms with van der Waals surface area (Å²) in [7, 11) is 2.00. The van der Waals surface area contributed by atoms with Gasteiger partial charge in [-0.15, -0.1) is 0 Å². The van der Waals surface area contributed by atoms with Gasteiger partial charge in [-0.2, -0.15) is 0 Å². The maximum atomic E-state index is 3.20. The Kier molecular flexibility index (Phi) is 3.97. The van der Waals surface area contributed by atoms with Crippen molar-refractivity contribution in [3.05, 3.63) is 35.4 Å². The predicted molar refractivity (Wildman–Crippen MR) is 68.3 cm³/mol. The third kappa shape index (κ3) is 3.06. The Bertz CT molecular complexity index is 331. The van der Waals surface area contributed by atoms with Crippen molar-refractivity contribution in [2.45, 2.75) is 38.9 Å². The third-order valence-corrected chi connectivity index (χ3v) is 3.23. The summed E-state index contributed by atoms with van der Waals surface area (Å²) in [5, 5.41) is 3.20. The van der Waals surface area contributed by atoms with Crippen molar-refractivity contribution in [3.63, 3.8) is 0 Å². The highest BCUT2D eigenvalue weighted by atomic mass is 15.2. The summed E-state index contributed by atoms with van der Waals surface area (Å²) in [6.45, 7) is 5.50. The highest BCUT2D eigenvalue weighted by Crippen LogP contribution is 2.27. The van der Waals surface area contributed by atoms with E-state index in [0.29, 0.717) is 0 Å². The summed E-state index contributed by atoms with van der Waals surface area (Å²) >= 11 is 0. The van der Waals surface area contributed by atoms with Crippen LogP contribution in [0.1, 0.15) is 30.9 Å². The second kappa shape index (κ2) is 5.46. The quantitative estimate of drug-likeness (QED) is 0.788. The summed E-state index contributed by atoms with van der Waals surface area (Å²) in [5.41, 5.74) is 2.83. The van der Waals surface area contributed by atoms with Gasteiger partial charge in [-0.1, -0.05) is 31.2 Å². The summed E-state index contributed by atoms with van der Waals surface area (Å²) < 4.78 is 0. The lowest BCUT2D eigenvalue weighted by molar-refractivity contribution is 0.269. The van der Waals surface area contributed by atoms with Crippen LogP contribution in [-0.4, -0.2) is 24.5 Å². The van der Waals surface area contributed by atoms with E-state index in [1.165, 1.54) is 30.5 Å². The number of benzene rings is 1. The molecule has 2 nitrogen and oxygen atoms in total. The molecule has 1 fully saturated rings. The fourth-order valence-electron chi connectivity index (χ4n) is 2.22. The van der Waals surface area contributed by atoms with Crippen molar-refractivity contribution in [1.82, 2.24) is 10.2 Å². The largest absolute Gasteiger partial charge is 0.316 e. The van der Waals surface area contributed by atoms with Gasteiger partial charge in [0, 0.05) is 19.1 Å². The maximum absolute atomic E-state index is 3.20. The van der Waals surface area contributed by atoms with Crippen molar-refractivity contribution in [3.8, 4) is 0 Å². The Morgan fingerprint density at radius 3 is 2.69 bits per heavy atom. The van der Waals surface area contributed by atoms with Crippen LogP contribution in [0.15, 0.2) is 24.3 Å². The third-order valence-electron chi connectivity index (χ3n) is 3.23. The van der Waals surface area contributed by atoms with Crippen molar-refractivity contribution in [1.29, 1.82) is 0 Å². The molecule has 88 valence electrons. The topological polar surface area (TPSA) is 15.3 Å². The van der Waals surface area contributed by atoms with E-state index in [9.17, 15) is 0 Å². The van der Waals surface area contributed by atoms with Crippen LogP contribution in [0.2, 0.25) is 0 Å². The minimum atomic E-state index is 0.859. The highest BCUT2D eigenvalue weighted by molar-refractivity contribution is 5.23. The van der Waals surface area contributed by atoms with Gasteiger partial charge in [0.2, 0.25) is 0 Å². The first kappa shape index (κ1) is 11.6. The molecule has 0 amide bonds. The molecule has 1 aromatic rings. The summed E-state index contributed by atoms with van der Waals surface area (Å²) in [6.07, 6.45) is 2.79. The average Bonchev–Trinajstić information content (AvgIpc) is 3.11. The fourth-order valence-corrected chi connectivity index (χ4v) is 2.22. The smallest absolute Gasteiger partial charge is 0.0236 e. The Balaban J connectivity index is 1.99. The van der Waals surface area contributed by atoms with Crippen LogP contribution in [0.25, 0.3) is 0 Å². The Morgan fingerprint density at radius 1 is 1.31 bits per heavy atom. The first-order valence-electron chi connectivity index (χ1n) is 6.30. The molecular formula is C14H22N2. The molecule has 0 saturated heterocycles. The van der Waals surface area contributed by atoms with Crippen LogP contribution in [0.4, 0.5) is 0 Å². The minimum absolute atomic E-state index is 0.859. The molecule has 1 N–H and O–H groups in total. The maximum Gasteiger partial charge on any atom is 0.0236 e. The molecule has 0 spiro atoms. The van der Waals surface area contributed by atoms with E-state index in [-0.39, 0.29) is 0 Å². The van der Waals surface area contributed by atoms with E-state index in [0.717, 1.165) is 19.1 Å². The minimum Gasteiger partial charge on any atom is -0.316 e. The number of rotatable bonds is 6. The van der Waals surface area contributed by atoms with Gasteiger partial charge >= 0.3 is 0 Å². The molecule has 1 aliphatic carbocycles. The zero-order valence-corrected chi connectivity index (χ0v) is 10.4. The SMILES string of the molecule is CCN(Cc1cccc(CNC)c1)C1CC1. The molecule has 2 rings (SSSR count). The van der Waals surface area contributed by atoms with E-state index >= 15 is 0 Å². The Morgan fingerprint density at radius 2 is 2.06 bits per heavy atom. The van der Waals surface area contributed by atoms with Gasteiger partial charge in [0.1, 0.15) is 0 Å². The van der Waals surface area contributed by atoms with E-state index in [1.807, 2.05) is 7.05 Å². The summed E-state index contributed by atoms with van der Waals surface area (Å²) in [4.78, 5) is 2.58. The first-order valence-corrected chi connectivity index (χ1v) is 6.30. The molecule has 0 atom stereocenters. The van der Waals surface area contributed by atoms with Crippen molar-refractivity contribution >= 4 is 0 Å². The van der Waals surface area contributed by atoms with Gasteiger partial charge in [0.05, 0.1) is 0 Å². The lowest BCUT2D eigenvalue weighted by Crippen LogP contribution is -2.25. The van der Waals surface area contributed by atoms with Crippen molar-refractivity contribution < 1.29 is 0 Å². The standard InChI is InChI=1S/C14H22N2/c1-3-16(14-7-8-14)11-13-6-4-5-12(9-13)10-15-2/h4-6,9,14-15H,3,7-8,10-11H2,1-2H3. The second-order valence-corrected chi connectivity index (χ2v) is 4.64. The zero-order valence-electron chi connectivity index (χ0n) is 10.4. The molecule has 0 aromatic heterocycles. The number of hydrogen-bond donors (Lipinski definition) is 1. The molecule has 0 aliphatic heterocycles. The molecule has 0 heterocycles. The molecule has 1 saturated carbocycles. The fraction of sp³-hybridized carbons (Fsp3) is 0.571. The van der Waals surface area contributed by atoms with Crippen LogP contribution in [0.3, 0.4) is 0 Å². The van der Waals surface area contributed by atoms with E-state index in [4.69, 9.17) is 0 Å². The molecule has 16 heavy (non-hydrogen) atoms. The predicted octanol–water partition coefficient (Wildman–Crippen LogP) is 2.39. The molecule has 2 heteroatoms. The van der Waals surface area contributed by atoms with E-state index in [2.05, 4.69) is 41.4 Å². The van der Waals surface area contributed by atoms with Gasteiger partial charge in [0.25, 0.3) is 0 Å². The first-order chi connectivity index (χ1) is 7.83.